The van der Waals surface area contributed by atoms with Crippen LogP contribution in [0.5, 0.6) is 5.75 Å². The van der Waals surface area contributed by atoms with E-state index < -0.39 is 0 Å². The molecule has 0 aliphatic carbocycles. The lowest BCUT2D eigenvalue weighted by Gasteiger charge is -2.13. The minimum atomic E-state index is -0.255. The van der Waals surface area contributed by atoms with Crippen LogP contribution in [-0.4, -0.2) is 18.6 Å². The fourth-order valence-corrected chi connectivity index (χ4v) is 1.73. The molecule has 0 spiro atoms. The molecule has 0 saturated heterocycles. The van der Waals surface area contributed by atoms with E-state index in [4.69, 9.17) is 16.9 Å². The number of nitrogens with one attached hydrogen (secondary N) is 1. The number of nitrogen functional groups attached to an aromatic ring is 1. The van der Waals surface area contributed by atoms with Gasteiger partial charge in [0.05, 0.1) is 12.6 Å². The second-order valence-corrected chi connectivity index (χ2v) is 4.21. The molecule has 0 aromatic heterocycles. The van der Waals surface area contributed by atoms with Gasteiger partial charge in [-0.1, -0.05) is 19.3 Å². The van der Waals surface area contributed by atoms with Crippen molar-refractivity contribution in [3.05, 3.63) is 23.8 Å². The quantitative estimate of drug-likeness (QED) is 0.609. The number of benzene rings is 1. The molecule has 3 N–H and O–H groups in total. The average molecular weight is 260 g/mol. The number of carbonyl (C=O) groups excluding carboxylic acids is 1. The van der Waals surface area contributed by atoms with Gasteiger partial charge in [0.2, 0.25) is 0 Å². The molecule has 1 atom stereocenters. The van der Waals surface area contributed by atoms with E-state index in [1.807, 2.05) is 13.8 Å². The SMILES string of the molecule is C#CC(CCC)NC(=O)c1cc(N)cc(OCC)c1. The summed E-state index contributed by atoms with van der Waals surface area (Å²) in [5, 5.41) is 2.79. The number of anilines is 1. The fraction of sp³-hybridized carbons (Fsp3) is 0.400. The van der Waals surface area contributed by atoms with Gasteiger partial charge in [0, 0.05) is 17.3 Å². The van der Waals surface area contributed by atoms with Crippen molar-refractivity contribution in [1.29, 1.82) is 0 Å². The summed E-state index contributed by atoms with van der Waals surface area (Å²) in [5.41, 5.74) is 6.70. The molecule has 0 bridgehead atoms. The Hall–Kier alpha value is -2.15. The Bertz CT molecular complexity index is 478. The molecule has 0 aliphatic heterocycles. The van der Waals surface area contributed by atoms with Crippen molar-refractivity contribution in [3.63, 3.8) is 0 Å². The van der Waals surface area contributed by atoms with Crippen molar-refractivity contribution in [1.82, 2.24) is 5.32 Å². The Balaban J connectivity index is 2.84. The van der Waals surface area contributed by atoms with Crippen LogP contribution in [0.4, 0.5) is 5.69 Å². The Morgan fingerprint density at radius 3 is 2.79 bits per heavy atom. The van der Waals surface area contributed by atoms with Gasteiger partial charge in [0.25, 0.3) is 5.91 Å². The third-order valence-corrected chi connectivity index (χ3v) is 2.59. The van der Waals surface area contributed by atoms with Crippen LogP contribution in [0.3, 0.4) is 0 Å². The lowest BCUT2D eigenvalue weighted by Crippen LogP contribution is -2.33. The molecule has 1 amide bonds. The van der Waals surface area contributed by atoms with Gasteiger partial charge in [-0.05, 0) is 25.5 Å². The van der Waals surface area contributed by atoms with Crippen LogP contribution in [0.1, 0.15) is 37.0 Å². The monoisotopic (exact) mass is 260 g/mol. The summed E-state index contributed by atoms with van der Waals surface area (Å²) >= 11 is 0. The summed E-state index contributed by atoms with van der Waals surface area (Å²) in [7, 11) is 0. The summed E-state index contributed by atoms with van der Waals surface area (Å²) in [6, 6.07) is 4.70. The number of hydrogen-bond acceptors (Lipinski definition) is 3. The molecule has 1 unspecified atom stereocenters. The lowest BCUT2D eigenvalue weighted by atomic mass is 10.1. The van der Waals surface area contributed by atoms with Crippen molar-refractivity contribution in [2.45, 2.75) is 32.7 Å². The van der Waals surface area contributed by atoms with Crippen LogP contribution in [0.15, 0.2) is 18.2 Å². The third-order valence-electron chi connectivity index (χ3n) is 2.59. The van der Waals surface area contributed by atoms with Crippen molar-refractivity contribution in [2.75, 3.05) is 12.3 Å². The Kier molecular flexibility index (Phi) is 5.74. The Morgan fingerprint density at radius 2 is 2.21 bits per heavy atom. The fourth-order valence-electron chi connectivity index (χ4n) is 1.73. The van der Waals surface area contributed by atoms with E-state index in [-0.39, 0.29) is 11.9 Å². The normalized spacial score (nSPS) is 11.4. The highest BCUT2D eigenvalue weighted by atomic mass is 16.5. The maximum atomic E-state index is 12.1. The van der Waals surface area contributed by atoms with Gasteiger partial charge in [-0.25, -0.2) is 0 Å². The molecule has 1 rings (SSSR count). The summed E-state index contributed by atoms with van der Waals surface area (Å²) < 4.78 is 5.36. The summed E-state index contributed by atoms with van der Waals surface area (Å²) in [4.78, 5) is 12.1. The second-order valence-electron chi connectivity index (χ2n) is 4.21. The minimum absolute atomic E-state index is 0.232. The van der Waals surface area contributed by atoms with Crippen LogP contribution < -0.4 is 15.8 Å². The van der Waals surface area contributed by atoms with Gasteiger partial charge in [-0.3, -0.25) is 4.79 Å². The van der Waals surface area contributed by atoms with E-state index in [0.717, 1.165) is 12.8 Å². The number of carbonyl (C=O) groups is 1. The van der Waals surface area contributed by atoms with Crippen LogP contribution in [0, 0.1) is 12.3 Å². The van der Waals surface area contributed by atoms with Crippen LogP contribution in [0.25, 0.3) is 0 Å². The highest BCUT2D eigenvalue weighted by Crippen LogP contribution is 2.19. The molecule has 0 aliphatic rings. The Morgan fingerprint density at radius 1 is 1.47 bits per heavy atom. The Labute approximate surface area is 114 Å². The predicted octanol–water partition coefficient (Wildman–Crippen LogP) is 2.20. The summed E-state index contributed by atoms with van der Waals surface area (Å²) in [6.45, 7) is 4.41. The zero-order valence-electron chi connectivity index (χ0n) is 11.4. The van der Waals surface area contributed by atoms with Crippen molar-refractivity contribution in [2.24, 2.45) is 0 Å². The van der Waals surface area contributed by atoms with Gasteiger partial charge in [0.15, 0.2) is 0 Å². The number of amides is 1. The standard InChI is InChI=1S/C15H20N2O2/c1-4-7-13(5-2)17-15(18)11-8-12(16)10-14(9-11)19-6-3/h2,8-10,13H,4,6-7,16H2,1,3H3,(H,17,18). The van der Waals surface area contributed by atoms with Crippen LogP contribution in [0.2, 0.25) is 0 Å². The van der Waals surface area contributed by atoms with Gasteiger partial charge in [-0.15, -0.1) is 6.42 Å². The second kappa shape index (κ2) is 7.32. The first-order valence-corrected chi connectivity index (χ1v) is 6.41. The smallest absolute Gasteiger partial charge is 0.252 e. The van der Waals surface area contributed by atoms with Gasteiger partial charge in [0.1, 0.15) is 5.75 Å². The number of ether oxygens (including phenoxy) is 1. The molecule has 1 aromatic rings. The van der Waals surface area contributed by atoms with E-state index >= 15 is 0 Å². The molecule has 0 fully saturated rings. The van der Waals surface area contributed by atoms with E-state index in [1.54, 1.807) is 18.2 Å². The maximum absolute atomic E-state index is 12.1. The molecule has 4 nitrogen and oxygen atoms in total. The maximum Gasteiger partial charge on any atom is 0.252 e. The van der Waals surface area contributed by atoms with Gasteiger partial charge >= 0.3 is 0 Å². The molecular formula is C15H20N2O2. The molecule has 0 heterocycles. The summed E-state index contributed by atoms with van der Waals surface area (Å²) in [6.07, 6.45) is 7.04. The van der Waals surface area contributed by atoms with Gasteiger partial charge < -0.3 is 15.8 Å². The van der Waals surface area contributed by atoms with Crippen LogP contribution in [-0.2, 0) is 0 Å². The third kappa shape index (κ3) is 4.55. The zero-order chi connectivity index (χ0) is 14.3. The molecule has 0 saturated carbocycles. The molecule has 0 radical (unpaired) electrons. The number of nitrogens with two attached hydrogens (primary N) is 1. The minimum Gasteiger partial charge on any atom is -0.494 e. The van der Waals surface area contributed by atoms with Crippen LogP contribution >= 0.6 is 0 Å². The highest BCUT2D eigenvalue weighted by molar-refractivity contribution is 5.95. The highest BCUT2D eigenvalue weighted by Gasteiger charge is 2.12. The lowest BCUT2D eigenvalue weighted by molar-refractivity contribution is 0.0944. The van der Waals surface area contributed by atoms with Crippen molar-refractivity contribution < 1.29 is 9.53 Å². The first kappa shape index (κ1) is 14.9. The average Bonchev–Trinajstić information content (AvgIpc) is 2.37. The largest absolute Gasteiger partial charge is 0.494 e. The molecule has 1 aromatic carbocycles. The number of terminal acetylenes is 1. The first-order chi connectivity index (χ1) is 9.10. The topological polar surface area (TPSA) is 64.4 Å². The summed E-state index contributed by atoms with van der Waals surface area (Å²) in [5.74, 6) is 2.92. The van der Waals surface area contributed by atoms with E-state index in [2.05, 4.69) is 11.2 Å². The van der Waals surface area contributed by atoms with Gasteiger partial charge in [-0.2, -0.15) is 0 Å². The predicted molar refractivity (Wildman–Crippen MR) is 77.0 cm³/mol. The van der Waals surface area contributed by atoms with E-state index in [9.17, 15) is 4.79 Å². The van der Waals surface area contributed by atoms with Crippen molar-refractivity contribution >= 4 is 11.6 Å². The number of rotatable bonds is 6. The van der Waals surface area contributed by atoms with Crippen molar-refractivity contribution in [3.8, 4) is 18.1 Å². The molecule has 19 heavy (non-hydrogen) atoms. The van der Waals surface area contributed by atoms with E-state index in [0.29, 0.717) is 23.6 Å². The van der Waals surface area contributed by atoms with E-state index in [1.165, 1.54) is 0 Å². The molecular weight excluding hydrogens is 240 g/mol. The first-order valence-electron chi connectivity index (χ1n) is 6.41. The molecule has 102 valence electrons. The molecule has 4 heteroatoms. The zero-order valence-corrected chi connectivity index (χ0v) is 11.4. The number of hydrogen-bond donors (Lipinski definition) is 2.